The van der Waals surface area contributed by atoms with E-state index in [0.717, 1.165) is 15.6 Å². The first-order chi connectivity index (χ1) is 21.4. The smallest absolute Gasteiger partial charge is 0.252 e. The van der Waals surface area contributed by atoms with Crippen molar-refractivity contribution in [3.05, 3.63) is 139 Å². The molecule has 224 valence electrons. The molecule has 0 spiro atoms. The van der Waals surface area contributed by atoms with Gasteiger partial charge < -0.3 is 19.9 Å². The van der Waals surface area contributed by atoms with Gasteiger partial charge in [-0.05, 0) is 70.8 Å². The quantitative estimate of drug-likeness (QED) is 0.0693. The van der Waals surface area contributed by atoms with Crippen molar-refractivity contribution in [3.63, 3.8) is 0 Å². The minimum Gasteiger partial charge on any atom is -0.494 e. The highest BCUT2D eigenvalue weighted by Gasteiger charge is 2.53. The summed E-state index contributed by atoms with van der Waals surface area (Å²) in [7, 11) is 0. The fourth-order valence-corrected chi connectivity index (χ4v) is 5.48. The van der Waals surface area contributed by atoms with E-state index in [2.05, 4.69) is 31.3 Å². The third-order valence-corrected chi connectivity index (χ3v) is 7.91. The van der Waals surface area contributed by atoms with Crippen LogP contribution in [0.3, 0.4) is 0 Å². The molecule has 0 aliphatic carbocycles. The zero-order valence-electron chi connectivity index (χ0n) is 23.6. The molecule has 44 heavy (non-hydrogen) atoms. The standard InChI is InChI=1S/C33H29BrClN5O4/c34-26-13-9-23(10-14-26)30-33(20-25-6-1-2-8-29(25)39-40-36,32(42)37-21-22-5-3-7-27(35)19-22)38-31(44-30)24-11-15-28(16-12-24)43-18-4-17-41/h1-3,5-16,19,30,41H,4,17-18,20-21H2,(H,37,42)/t30-,33-/m1/s1. The number of carbonyl (C=O) groups excluding carboxylic acids is 1. The number of azide groups is 1. The molecule has 1 aliphatic heterocycles. The second-order valence-corrected chi connectivity index (χ2v) is 11.5. The lowest BCUT2D eigenvalue weighted by Gasteiger charge is -2.31. The van der Waals surface area contributed by atoms with Crippen molar-refractivity contribution in [2.24, 2.45) is 10.1 Å². The SMILES string of the molecule is [N-]=[N+]=Nc1ccccc1C[C@@]1(C(=O)NCc2cccc(Cl)c2)N=C(c2ccc(OCCCO)cc2)O[C@@H]1c1ccc(Br)cc1. The highest BCUT2D eigenvalue weighted by Crippen LogP contribution is 2.44. The first-order valence-corrected chi connectivity index (χ1v) is 15.1. The zero-order chi connectivity index (χ0) is 30.9. The maximum atomic E-state index is 14.4. The minimum absolute atomic E-state index is 0.0461. The number of aliphatic hydroxyl groups is 1. The van der Waals surface area contributed by atoms with E-state index in [4.69, 9.17) is 31.2 Å². The molecule has 2 atom stereocenters. The van der Waals surface area contributed by atoms with Crippen LogP contribution in [0.25, 0.3) is 10.4 Å². The Morgan fingerprint density at radius 3 is 2.59 bits per heavy atom. The number of benzene rings is 4. The van der Waals surface area contributed by atoms with Crippen LogP contribution in [0.5, 0.6) is 5.75 Å². The third kappa shape index (κ3) is 7.23. The lowest BCUT2D eigenvalue weighted by Crippen LogP contribution is -2.49. The fourth-order valence-electron chi connectivity index (χ4n) is 5.00. The molecule has 0 unspecified atom stereocenters. The van der Waals surface area contributed by atoms with E-state index >= 15 is 0 Å². The van der Waals surface area contributed by atoms with E-state index in [-0.39, 0.29) is 25.5 Å². The molecule has 1 aliphatic rings. The van der Waals surface area contributed by atoms with Crippen molar-refractivity contribution in [3.8, 4) is 5.75 Å². The predicted molar refractivity (Wildman–Crippen MR) is 173 cm³/mol. The lowest BCUT2D eigenvalue weighted by atomic mass is 9.81. The van der Waals surface area contributed by atoms with Crippen molar-refractivity contribution in [2.75, 3.05) is 13.2 Å². The van der Waals surface area contributed by atoms with Crippen molar-refractivity contribution < 1.29 is 19.4 Å². The van der Waals surface area contributed by atoms with Gasteiger partial charge in [-0.1, -0.05) is 81.2 Å². The van der Waals surface area contributed by atoms with Gasteiger partial charge in [0.2, 0.25) is 5.90 Å². The first-order valence-electron chi connectivity index (χ1n) is 13.9. The Morgan fingerprint density at radius 2 is 1.86 bits per heavy atom. The summed E-state index contributed by atoms with van der Waals surface area (Å²) >= 11 is 9.70. The number of aliphatic hydroxyl groups excluding tert-OH is 1. The Labute approximate surface area is 268 Å². The van der Waals surface area contributed by atoms with Crippen molar-refractivity contribution in [1.29, 1.82) is 0 Å². The summed E-state index contributed by atoms with van der Waals surface area (Å²) in [5.41, 5.74) is 11.0. The summed E-state index contributed by atoms with van der Waals surface area (Å²) < 4.78 is 13.1. The van der Waals surface area contributed by atoms with Crippen LogP contribution in [0.4, 0.5) is 5.69 Å². The molecule has 0 saturated carbocycles. The van der Waals surface area contributed by atoms with Gasteiger partial charge in [0.1, 0.15) is 5.75 Å². The van der Waals surface area contributed by atoms with Crippen LogP contribution >= 0.6 is 27.5 Å². The monoisotopic (exact) mass is 673 g/mol. The Balaban J connectivity index is 1.59. The number of carbonyl (C=O) groups is 1. The van der Waals surface area contributed by atoms with Gasteiger partial charge in [0.15, 0.2) is 11.6 Å². The van der Waals surface area contributed by atoms with Crippen LogP contribution in [0.1, 0.15) is 34.8 Å². The maximum Gasteiger partial charge on any atom is 0.252 e. The Kier molecular flexibility index (Phi) is 10.2. The number of hydrogen-bond acceptors (Lipinski definition) is 6. The molecule has 0 radical (unpaired) electrons. The van der Waals surface area contributed by atoms with Gasteiger partial charge in [-0.2, -0.15) is 0 Å². The predicted octanol–water partition coefficient (Wildman–Crippen LogP) is 7.62. The van der Waals surface area contributed by atoms with Crippen LogP contribution in [0.2, 0.25) is 5.02 Å². The summed E-state index contributed by atoms with van der Waals surface area (Å²) in [6.45, 7) is 0.654. The van der Waals surface area contributed by atoms with Crippen LogP contribution in [0, 0.1) is 0 Å². The fraction of sp³-hybridized carbons (Fsp3) is 0.212. The van der Waals surface area contributed by atoms with Gasteiger partial charge in [-0.15, -0.1) is 0 Å². The van der Waals surface area contributed by atoms with E-state index in [0.29, 0.717) is 46.5 Å². The molecule has 0 fully saturated rings. The summed E-state index contributed by atoms with van der Waals surface area (Å²) in [5, 5.41) is 16.6. The van der Waals surface area contributed by atoms with Gasteiger partial charge in [-0.25, -0.2) is 4.99 Å². The topological polar surface area (TPSA) is 129 Å². The normalized spacial score (nSPS) is 17.2. The zero-order valence-corrected chi connectivity index (χ0v) is 25.9. The number of nitrogens with one attached hydrogen (secondary N) is 1. The van der Waals surface area contributed by atoms with E-state index in [1.165, 1.54) is 0 Å². The third-order valence-electron chi connectivity index (χ3n) is 7.15. The summed E-state index contributed by atoms with van der Waals surface area (Å²) in [5.74, 6) is 0.568. The number of rotatable bonds is 12. The molecule has 0 aromatic heterocycles. The van der Waals surface area contributed by atoms with Crippen LogP contribution in [-0.4, -0.2) is 35.7 Å². The van der Waals surface area contributed by atoms with E-state index in [1.54, 1.807) is 36.4 Å². The molecule has 0 bridgehead atoms. The van der Waals surface area contributed by atoms with Gasteiger partial charge in [0.25, 0.3) is 5.91 Å². The van der Waals surface area contributed by atoms with E-state index < -0.39 is 11.6 Å². The number of nitrogens with zero attached hydrogens (tertiary/aromatic N) is 4. The average molecular weight is 675 g/mol. The molecule has 5 rings (SSSR count). The van der Waals surface area contributed by atoms with Crippen LogP contribution in [-0.2, 0) is 22.5 Å². The van der Waals surface area contributed by atoms with Gasteiger partial charge >= 0.3 is 0 Å². The first kappa shape index (κ1) is 31.1. The van der Waals surface area contributed by atoms with Crippen molar-refractivity contribution in [1.82, 2.24) is 5.32 Å². The number of amides is 1. The summed E-state index contributed by atoms with van der Waals surface area (Å²) in [6, 6.07) is 29.2. The number of hydrogen-bond donors (Lipinski definition) is 2. The molecule has 0 saturated heterocycles. The summed E-state index contributed by atoms with van der Waals surface area (Å²) in [6.07, 6.45) is -0.197. The molecule has 4 aromatic rings. The number of aliphatic imine (C=N–C) groups is 1. The highest BCUT2D eigenvalue weighted by molar-refractivity contribution is 9.10. The summed E-state index contributed by atoms with van der Waals surface area (Å²) in [4.78, 5) is 22.5. The Bertz CT molecular complexity index is 1690. The molecule has 1 heterocycles. The van der Waals surface area contributed by atoms with Gasteiger partial charge in [-0.3, -0.25) is 4.79 Å². The Hall–Kier alpha value is -4.34. The molecule has 9 nitrogen and oxygen atoms in total. The average Bonchev–Trinajstić information content (AvgIpc) is 3.42. The van der Waals surface area contributed by atoms with Crippen LogP contribution < -0.4 is 10.1 Å². The van der Waals surface area contributed by atoms with Crippen molar-refractivity contribution in [2.45, 2.75) is 31.0 Å². The van der Waals surface area contributed by atoms with Gasteiger partial charge in [0, 0.05) is 51.7 Å². The lowest BCUT2D eigenvalue weighted by molar-refractivity contribution is -0.129. The Morgan fingerprint density at radius 1 is 1.09 bits per heavy atom. The second kappa shape index (κ2) is 14.4. The number of halogens is 2. The molecule has 1 amide bonds. The minimum atomic E-state index is -1.47. The largest absolute Gasteiger partial charge is 0.494 e. The highest BCUT2D eigenvalue weighted by atomic mass is 79.9. The van der Waals surface area contributed by atoms with Crippen molar-refractivity contribution >= 4 is 45.0 Å². The van der Waals surface area contributed by atoms with E-state index in [9.17, 15) is 10.3 Å². The maximum absolute atomic E-state index is 14.4. The second-order valence-electron chi connectivity index (χ2n) is 10.1. The van der Waals surface area contributed by atoms with Crippen LogP contribution in [0.15, 0.2) is 112 Å². The molecular weight excluding hydrogens is 646 g/mol. The van der Waals surface area contributed by atoms with E-state index in [1.807, 2.05) is 60.7 Å². The molecular formula is C33H29BrClN5O4. The molecule has 2 N–H and O–H groups in total. The molecule has 4 aromatic carbocycles. The molecule has 11 heteroatoms. The van der Waals surface area contributed by atoms with Gasteiger partial charge in [0.05, 0.1) is 6.61 Å². The number of ether oxygens (including phenoxy) is 2.